The first-order chi connectivity index (χ1) is 22.8. The van der Waals surface area contributed by atoms with Crippen molar-refractivity contribution in [2.45, 2.75) is 46.7 Å². The number of nitrogens with one attached hydrogen (secondary N) is 2. The summed E-state index contributed by atoms with van der Waals surface area (Å²) in [6.45, 7) is 2.13. The fraction of sp³-hybridized carbons (Fsp3) is 0.324. The molecule has 10 heteroatoms. The second-order valence-corrected chi connectivity index (χ2v) is 15.1. The summed E-state index contributed by atoms with van der Waals surface area (Å²) < 4.78 is 4.69. The SMILES string of the molecule is CCOc1ccc(NC(=O)[C@H]2[C@H]3C(=O)N([C@@H](CO)Cc4ccccc4)C(C(=O)Nc4ccc5ccccc5c4)C34CC(Br)[C@@H]2S4)cc1. The number of carbonyl (C=O) groups excluding carboxylic acids is 3. The van der Waals surface area contributed by atoms with Crippen molar-refractivity contribution in [3.8, 4) is 5.75 Å². The quantitative estimate of drug-likeness (QED) is 0.177. The van der Waals surface area contributed by atoms with Gasteiger partial charge in [-0.25, -0.2) is 0 Å². The number of aliphatic hydroxyl groups excluding tert-OH is 1. The molecule has 0 saturated carbocycles. The van der Waals surface area contributed by atoms with E-state index in [1.165, 1.54) is 0 Å². The van der Waals surface area contributed by atoms with Crippen LogP contribution >= 0.6 is 27.7 Å². The Morgan fingerprint density at radius 3 is 2.36 bits per heavy atom. The van der Waals surface area contributed by atoms with Gasteiger partial charge < -0.3 is 25.4 Å². The number of fused-ring (bicyclic) bond motifs is 2. The average molecular weight is 715 g/mol. The van der Waals surface area contributed by atoms with Crippen LogP contribution in [0.4, 0.5) is 11.4 Å². The van der Waals surface area contributed by atoms with E-state index in [0.717, 1.165) is 16.3 Å². The van der Waals surface area contributed by atoms with E-state index in [9.17, 15) is 19.5 Å². The molecular formula is C37H36BrN3O5S. The number of aliphatic hydroxyl groups is 1. The highest BCUT2D eigenvalue weighted by atomic mass is 79.9. The van der Waals surface area contributed by atoms with Crippen molar-refractivity contribution < 1.29 is 24.2 Å². The van der Waals surface area contributed by atoms with Crippen LogP contribution in [-0.4, -0.2) is 67.8 Å². The van der Waals surface area contributed by atoms with Crippen molar-refractivity contribution in [2.24, 2.45) is 11.8 Å². The summed E-state index contributed by atoms with van der Waals surface area (Å²) in [5.41, 5.74) is 2.18. The molecule has 0 radical (unpaired) electrons. The third kappa shape index (κ3) is 5.70. The topological polar surface area (TPSA) is 108 Å². The number of hydrogen-bond donors (Lipinski definition) is 3. The van der Waals surface area contributed by atoms with E-state index in [1.54, 1.807) is 40.9 Å². The van der Waals surface area contributed by atoms with Gasteiger partial charge in [0.1, 0.15) is 11.8 Å². The Labute approximate surface area is 286 Å². The molecular weight excluding hydrogens is 678 g/mol. The van der Waals surface area contributed by atoms with Crippen molar-refractivity contribution in [1.29, 1.82) is 0 Å². The third-order valence-corrected chi connectivity index (χ3v) is 12.9. The van der Waals surface area contributed by atoms with Gasteiger partial charge in [-0.3, -0.25) is 14.4 Å². The highest BCUT2D eigenvalue weighted by Crippen LogP contribution is 2.68. The zero-order valence-corrected chi connectivity index (χ0v) is 28.2. The summed E-state index contributed by atoms with van der Waals surface area (Å²) in [6.07, 6.45) is 0.919. The highest BCUT2D eigenvalue weighted by molar-refractivity contribution is 9.09. The molecule has 1 spiro atoms. The Balaban J connectivity index is 1.24. The molecule has 3 aliphatic heterocycles. The molecule has 4 aromatic rings. The molecule has 4 aromatic carbocycles. The number of likely N-dealkylation sites (tertiary alicyclic amines) is 1. The maximum Gasteiger partial charge on any atom is 0.248 e. The minimum absolute atomic E-state index is 0.0785. The second-order valence-electron chi connectivity index (χ2n) is 12.4. The van der Waals surface area contributed by atoms with Gasteiger partial charge in [0.2, 0.25) is 17.7 Å². The summed E-state index contributed by atoms with van der Waals surface area (Å²) in [5, 5.41) is 18.7. The number of thioether (sulfide) groups is 1. The van der Waals surface area contributed by atoms with Crippen LogP contribution in [-0.2, 0) is 20.8 Å². The third-order valence-electron chi connectivity index (χ3n) is 9.65. The van der Waals surface area contributed by atoms with Gasteiger partial charge in [-0.1, -0.05) is 76.6 Å². The van der Waals surface area contributed by atoms with Gasteiger partial charge in [0.15, 0.2) is 0 Å². The molecule has 47 heavy (non-hydrogen) atoms. The molecule has 3 aliphatic rings. The fourth-order valence-electron chi connectivity index (χ4n) is 7.70. The van der Waals surface area contributed by atoms with E-state index in [-0.39, 0.29) is 34.4 Å². The Morgan fingerprint density at radius 2 is 1.64 bits per heavy atom. The Hall–Kier alpha value is -3.86. The predicted molar refractivity (Wildman–Crippen MR) is 189 cm³/mol. The van der Waals surface area contributed by atoms with Crippen molar-refractivity contribution in [3.63, 3.8) is 0 Å². The van der Waals surface area contributed by atoms with Crippen LogP contribution in [0.15, 0.2) is 97.1 Å². The van der Waals surface area contributed by atoms with Crippen molar-refractivity contribution in [3.05, 3.63) is 103 Å². The number of hydrogen-bond acceptors (Lipinski definition) is 6. The lowest BCUT2D eigenvalue weighted by Crippen LogP contribution is -2.55. The highest BCUT2D eigenvalue weighted by Gasteiger charge is 2.76. The smallest absolute Gasteiger partial charge is 0.248 e. The second kappa shape index (κ2) is 13.0. The summed E-state index contributed by atoms with van der Waals surface area (Å²) in [4.78, 5) is 44.8. The predicted octanol–water partition coefficient (Wildman–Crippen LogP) is 5.88. The number of amides is 3. The maximum atomic E-state index is 14.7. The van der Waals surface area contributed by atoms with Gasteiger partial charge in [0.25, 0.3) is 0 Å². The number of halogens is 1. The maximum absolute atomic E-state index is 14.7. The molecule has 3 unspecified atom stereocenters. The zero-order valence-electron chi connectivity index (χ0n) is 25.8. The Bertz CT molecular complexity index is 1810. The van der Waals surface area contributed by atoms with Crippen LogP contribution in [0.5, 0.6) is 5.75 Å². The molecule has 2 bridgehead atoms. The largest absolute Gasteiger partial charge is 0.494 e. The lowest BCUT2D eigenvalue weighted by molar-refractivity contribution is -0.141. The molecule has 0 aromatic heterocycles. The number of anilines is 2. The molecule has 8 nitrogen and oxygen atoms in total. The molecule has 3 fully saturated rings. The van der Waals surface area contributed by atoms with E-state index in [0.29, 0.717) is 36.6 Å². The van der Waals surface area contributed by atoms with Gasteiger partial charge >= 0.3 is 0 Å². The number of benzene rings is 4. The van der Waals surface area contributed by atoms with Crippen LogP contribution in [0.3, 0.4) is 0 Å². The minimum Gasteiger partial charge on any atom is -0.494 e. The van der Waals surface area contributed by atoms with Gasteiger partial charge in [0, 0.05) is 21.5 Å². The number of carbonyl (C=O) groups is 3. The van der Waals surface area contributed by atoms with E-state index in [2.05, 4.69) is 26.6 Å². The lowest BCUT2D eigenvalue weighted by Gasteiger charge is -2.37. The summed E-state index contributed by atoms with van der Waals surface area (Å²) in [6, 6.07) is 29.0. The summed E-state index contributed by atoms with van der Waals surface area (Å²) in [5.74, 6) is -1.53. The first kappa shape index (κ1) is 31.7. The van der Waals surface area contributed by atoms with Crippen molar-refractivity contribution in [1.82, 2.24) is 4.90 Å². The van der Waals surface area contributed by atoms with Crippen molar-refractivity contribution in [2.75, 3.05) is 23.8 Å². The van der Waals surface area contributed by atoms with Crippen LogP contribution in [0.25, 0.3) is 10.8 Å². The average Bonchev–Trinajstić information content (AvgIpc) is 3.68. The lowest BCUT2D eigenvalue weighted by atomic mass is 9.70. The van der Waals surface area contributed by atoms with Gasteiger partial charge in [-0.05, 0) is 72.5 Å². The minimum atomic E-state index is -0.898. The molecule has 0 aliphatic carbocycles. The molecule has 3 amide bonds. The molecule has 242 valence electrons. The first-order valence-corrected chi connectivity index (χ1v) is 17.7. The van der Waals surface area contributed by atoms with Crippen molar-refractivity contribution >= 4 is 67.6 Å². The van der Waals surface area contributed by atoms with E-state index in [1.807, 2.05) is 79.7 Å². The van der Waals surface area contributed by atoms with Gasteiger partial charge in [0.05, 0.1) is 35.8 Å². The number of alkyl halides is 1. The van der Waals surface area contributed by atoms with E-state index < -0.39 is 28.7 Å². The Morgan fingerprint density at radius 1 is 0.957 bits per heavy atom. The normalized spacial score (nSPS) is 26.7. The zero-order chi connectivity index (χ0) is 32.7. The molecule has 7 atom stereocenters. The summed E-state index contributed by atoms with van der Waals surface area (Å²) in [7, 11) is 0. The fourth-order valence-corrected chi connectivity index (χ4v) is 11.3. The van der Waals surface area contributed by atoms with Crippen LogP contribution < -0.4 is 15.4 Å². The Kier molecular flexibility index (Phi) is 8.76. The molecule has 3 N–H and O–H groups in total. The van der Waals surface area contributed by atoms with E-state index in [4.69, 9.17) is 4.74 Å². The van der Waals surface area contributed by atoms with Crippen LogP contribution in [0, 0.1) is 11.8 Å². The van der Waals surface area contributed by atoms with Gasteiger partial charge in [-0.2, -0.15) is 0 Å². The van der Waals surface area contributed by atoms with Crippen LogP contribution in [0.1, 0.15) is 18.9 Å². The van der Waals surface area contributed by atoms with Crippen LogP contribution in [0.2, 0.25) is 0 Å². The molecule has 7 rings (SSSR count). The number of ether oxygens (including phenoxy) is 1. The standard InChI is InChI=1S/C37H36BrN3O5S/c1-2-46-28-16-14-25(15-17-28)39-34(43)30-31-36(45)41(27(21-42)18-22-8-4-3-5-9-22)33(37(31)20-29(38)32(30)47-37)35(44)40-26-13-12-23-10-6-7-11-24(23)19-26/h3-17,19,27,29-33,42H,2,18,20-21H2,1H3,(H,39,43)(H,40,44)/t27-,29?,30+,31+,32+,33?,37?/m1/s1. The monoisotopic (exact) mass is 713 g/mol. The van der Waals surface area contributed by atoms with Gasteiger partial charge in [-0.15, -0.1) is 11.8 Å². The number of nitrogens with zero attached hydrogens (tertiary/aromatic N) is 1. The molecule has 3 heterocycles. The first-order valence-electron chi connectivity index (χ1n) is 15.9. The van der Waals surface area contributed by atoms with E-state index >= 15 is 0 Å². The molecule has 3 saturated heterocycles. The number of rotatable bonds is 10. The summed E-state index contributed by atoms with van der Waals surface area (Å²) >= 11 is 5.41.